The Morgan fingerprint density at radius 1 is 1.02 bits per heavy atom. The van der Waals surface area contributed by atoms with Gasteiger partial charge in [-0.25, -0.2) is 24.5 Å². The number of amides is 2. The van der Waals surface area contributed by atoms with Gasteiger partial charge in [-0.15, -0.1) is 11.3 Å². The molecule has 1 saturated heterocycles. The number of carboxylic acids is 1. The molecule has 4 aromatic rings. The summed E-state index contributed by atoms with van der Waals surface area (Å²) in [5.74, 6) is -0.447. The van der Waals surface area contributed by atoms with Crippen LogP contribution < -0.4 is 4.90 Å². The van der Waals surface area contributed by atoms with E-state index in [4.69, 9.17) is 14.7 Å². The molecule has 1 N–H and O–H groups in total. The fourth-order valence-corrected chi connectivity index (χ4v) is 6.35. The van der Waals surface area contributed by atoms with Crippen LogP contribution in [0.5, 0.6) is 0 Å². The van der Waals surface area contributed by atoms with Gasteiger partial charge in [-0.2, -0.15) is 0 Å². The Bertz CT molecular complexity index is 1650. The minimum Gasteiger partial charge on any atom is -0.479 e. The Balaban J connectivity index is 1.58. The van der Waals surface area contributed by atoms with Gasteiger partial charge >= 0.3 is 12.0 Å². The Morgan fingerprint density at radius 3 is 2.30 bits per heavy atom. The van der Waals surface area contributed by atoms with Gasteiger partial charge in [0.25, 0.3) is 0 Å². The van der Waals surface area contributed by atoms with E-state index in [-0.39, 0.29) is 6.03 Å². The van der Waals surface area contributed by atoms with Crippen molar-refractivity contribution in [1.82, 2.24) is 24.8 Å². The molecule has 226 valence electrons. The third-order valence-corrected chi connectivity index (χ3v) is 8.41. The highest BCUT2D eigenvalue weighted by atomic mass is 32.1. The number of fused-ring (bicyclic) bond motifs is 1. The highest BCUT2D eigenvalue weighted by molar-refractivity contribution is 7.22. The minimum absolute atomic E-state index is 0.000811. The number of thiazole rings is 1. The average Bonchev–Trinajstić information content (AvgIpc) is 3.39. The van der Waals surface area contributed by atoms with Crippen LogP contribution in [0.15, 0.2) is 42.6 Å². The van der Waals surface area contributed by atoms with E-state index in [1.54, 1.807) is 25.2 Å². The zero-order chi connectivity index (χ0) is 31.1. The van der Waals surface area contributed by atoms with E-state index < -0.39 is 17.7 Å². The molecule has 1 atom stereocenters. The molecule has 5 rings (SSSR count). The number of carbonyl (C=O) groups is 2. The van der Waals surface area contributed by atoms with Crippen LogP contribution in [0.25, 0.3) is 32.0 Å². The molecule has 2 aromatic carbocycles. The number of hydrogen-bond donors (Lipinski definition) is 1. The summed E-state index contributed by atoms with van der Waals surface area (Å²) in [6, 6.07) is 11.9. The quantitative estimate of drug-likeness (QED) is 0.296. The molecule has 1 aliphatic heterocycles. The molecule has 0 bridgehead atoms. The van der Waals surface area contributed by atoms with Gasteiger partial charge in [-0.3, -0.25) is 0 Å². The lowest BCUT2D eigenvalue weighted by molar-refractivity contribution is -0.160. The van der Waals surface area contributed by atoms with Gasteiger partial charge in [0.2, 0.25) is 5.95 Å². The number of carboxylic acid groups (broad SMARTS) is 1. The monoisotopic (exact) mass is 602 g/mol. The number of hydrogen-bond acceptors (Lipinski definition) is 8. The molecule has 43 heavy (non-hydrogen) atoms. The summed E-state index contributed by atoms with van der Waals surface area (Å²) in [6.45, 7) is 12.0. The number of carbonyl (C=O) groups excluding carboxylic acids is 1. The molecule has 10 nitrogen and oxygen atoms in total. The number of aliphatic carboxylic acids is 1. The van der Waals surface area contributed by atoms with Crippen LogP contribution in [0.2, 0.25) is 0 Å². The molecule has 0 saturated carbocycles. The normalized spacial score (nSPS) is 14.7. The Hall–Kier alpha value is -4.09. The largest absolute Gasteiger partial charge is 0.479 e. The fraction of sp³-hybridized carbons (Fsp3) is 0.406. The Labute approximate surface area is 256 Å². The van der Waals surface area contributed by atoms with Gasteiger partial charge in [0.1, 0.15) is 10.7 Å². The lowest BCUT2D eigenvalue weighted by atomic mass is 9.91. The molecular weight excluding hydrogens is 564 g/mol. The lowest BCUT2D eigenvalue weighted by Gasteiger charge is -2.35. The maximum Gasteiger partial charge on any atom is 0.337 e. The maximum atomic E-state index is 12.6. The van der Waals surface area contributed by atoms with E-state index in [1.807, 2.05) is 75.9 Å². The van der Waals surface area contributed by atoms with Crippen LogP contribution in [-0.2, 0) is 9.53 Å². The molecular formula is C32H38N6O4S. The molecule has 2 amide bonds. The number of nitrogens with zero attached hydrogens (tertiary/aromatic N) is 6. The summed E-state index contributed by atoms with van der Waals surface area (Å²) in [6.07, 6.45) is 0.575. The fourth-order valence-electron chi connectivity index (χ4n) is 5.25. The van der Waals surface area contributed by atoms with Crippen molar-refractivity contribution in [3.8, 4) is 21.8 Å². The second kappa shape index (κ2) is 11.9. The van der Waals surface area contributed by atoms with Crippen LogP contribution in [0.3, 0.4) is 0 Å². The van der Waals surface area contributed by atoms with Crippen molar-refractivity contribution in [2.75, 3.05) is 45.2 Å². The predicted molar refractivity (Wildman–Crippen MR) is 170 cm³/mol. The molecule has 0 unspecified atom stereocenters. The number of aryl methyl sites for hydroxylation is 2. The van der Waals surface area contributed by atoms with E-state index in [0.29, 0.717) is 48.4 Å². The number of anilines is 1. The molecule has 2 aromatic heterocycles. The standard InChI is InChI=1S/C32H38N6O4S/c1-19-8-10-21(11-9-19)25-24(26(29(39)40)42-32(3,4)5)20(2)18-23-27(25)43-28(34-23)22-12-13-33-30(35-22)37-14-16-38(17-15-37)31(41)36(6)7/h8-13,18,26H,14-17H2,1-7H3,(H,39,40)/t26-/m0/s1. The van der Waals surface area contributed by atoms with E-state index >= 15 is 0 Å². The summed E-state index contributed by atoms with van der Waals surface area (Å²) in [5.41, 5.74) is 5.04. The van der Waals surface area contributed by atoms with E-state index in [9.17, 15) is 14.7 Å². The lowest BCUT2D eigenvalue weighted by Crippen LogP contribution is -2.51. The third kappa shape index (κ3) is 6.47. The van der Waals surface area contributed by atoms with Crippen molar-refractivity contribution in [2.45, 2.75) is 46.3 Å². The van der Waals surface area contributed by atoms with Crippen LogP contribution in [0, 0.1) is 13.8 Å². The predicted octanol–water partition coefficient (Wildman–Crippen LogP) is 5.78. The van der Waals surface area contributed by atoms with Gasteiger partial charge in [-0.05, 0) is 57.9 Å². The van der Waals surface area contributed by atoms with Crippen LogP contribution in [0.1, 0.15) is 43.6 Å². The SMILES string of the molecule is Cc1ccc(-c2c([C@H](OC(C)(C)C)C(=O)O)c(C)cc3nc(-c4ccnc(N5CCN(C(=O)N(C)C)CC5)n4)sc23)cc1. The topological polar surface area (TPSA) is 112 Å². The molecule has 1 fully saturated rings. The Kier molecular flexibility index (Phi) is 8.40. The van der Waals surface area contributed by atoms with Crippen LogP contribution in [-0.4, -0.2) is 87.7 Å². The van der Waals surface area contributed by atoms with E-state index in [0.717, 1.165) is 32.5 Å². The molecule has 1 aliphatic rings. The zero-order valence-corrected chi connectivity index (χ0v) is 26.5. The smallest absolute Gasteiger partial charge is 0.337 e. The van der Waals surface area contributed by atoms with E-state index in [2.05, 4.69) is 9.88 Å². The number of ether oxygens (including phenoxy) is 1. The second-order valence-electron chi connectivity index (χ2n) is 12.1. The number of piperazine rings is 1. The first-order valence-corrected chi connectivity index (χ1v) is 15.1. The minimum atomic E-state index is -1.16. The van der Waals surface area contributed by atoms with Gasteiger partial charge in [0.05, 0.1) is 15.8 Å². The Morgan fingerprint density at radius 2 is 1.70 bits per heavy atom. The van der Waals surface area contributed by atoms with Crippen molar-refractivity contribution in [2.24, 2.45) is 0 Å². The van der Waals surface area contributed by atoms with Gasteiger partial charge < -0.3 is 24.5 Å². The third-order valence-electron chi connectivity index (χ3n) is 7.30. The number of benzene rings is 2. The van der Waals surface area contributed by atoms with Crippen molar-refractivity contribution in [1.29, 1.82) is 0 Å². The first-order chi connectivity index (χ1) is 20.3. The van der Waals surface area contributed by atoms with Crippen LogP contribution in [0.4, 0.5) is 10.7 Å². The summed E-state index contributed by atoms with van der Waals surface area (Å²) in [7, 11) is 3.51. The summed E-state index contributed by atoms with van der Waals surface area (Å²) >= 11 is 1.48. The van der Waals surface area contributed by atoms with Gasteiger partial charge in [0.15, 0.2) is 6.10 Å². The van der Waals surface area contributed by atoms with E-state index in [1.165, 1.54) is 11.3 Å². The summed E-state index contributed by atoms with van der Waals surface area (Å²) < 4.78 is 7.02. The summed E-state index contributed by atoms with van der Waals surface area (Å²) in [5, 5.41) is 11.0. The molecule has 0 aliphatic carbocycles. The second-order valence-corrected chi connectivity index (χ2v) is 13.1. The summed E-state index contributed by atoms with van der Waals surface area (Å²) in [4.78, 5) is 44.8. The van der Waals surface area contributed by atoms with Crippen molar-refractivity contribution >= 4 is 39.5 Å². The van der Waals surface area contributed by atoms with Crippen molar-refractivity contribution in [3.05, 3.63) is 59.3 Å². The molecule has 0 radical (unpaired) electrons. The molecule has 0 spiro atoms. The highest BCUT2D eigenvalue weighted by Gasteiger charge is 2.32. The number of aromatic nitrogens is 3. The van der Waals surface area contributed by atoms with Crippen LogP contribution >= 0.6 is 11.3 Å². The highest BCUT2D eigenvalue weighted by Crippen LogP contribution is 2.44. The maximum absolute atomic E-state index is 12.6. The molecule has 11 heteroatoms. The first kappa shape index (κ1) is 30.4. The number of urea groups is 1. The zero-order valence-electron chi connectivity index (χ0n) is 25.7. The average molecular weight is 603 g/mol. The van der Waals surface area contributed by atoms with Gasteiger partial charge in [0, 0.05) is 57.6 Å². The number of rotatable bonds is 6. The van der Waals surface area contributed by atoms with Gasteiger partial charge in [-0.1, -0.05) is 29.8 Å². The van der Waals surface area contributed by atoms with Crippen molar-refractivity contribution in [3.63, 3.8) is 0 Å². The van der Waals surface area contributed by atoms with Crippen molar-refractivity contribution < 1.29 is 19.4 Å². The first-order valence-electron chi connectivity index (χ1n) is 14.3. The molecule has 3 heterocycles.